The van der Waals surface area contributed by atoms with Crippen LogP contribution in [-0.4, -0.2) is 81.4 Å². The molecule has 6 atom stereocenters. The molecule has 3 fully saturated rings. The SMILES string of the molecule is O=C1NC(C2CCC(Cl)CN2C(=O)c2ccc(Cl)cc2)C(=O)NC1C1CCC(Cl)CN1C(=O)c1ccc(Cl)cc1. The van der Waals surface area contributed by atoms with Gasteiger partial charge >= 0.3 is 0 Å². The van der Waals surface area contributed by atoms with Crippen LogP contribution in [0.2, 0.25) is 10.0 Å². The lowest BCUT2D eigenvalue weighted by molar-refractivity contribution is -0.140. The number of rotatable bonds is 4. The van der Waals surface area contributed by atoms with Gasteiger partial charge in [0, 0.05) is 34.3 Å². The van der Waals surface area contributed by atoms with E-state index in [9.17, 15) is 19.2 Å². The van der Waals surface area contributed by atoms with Crippen LogP contribution in [0.25, 0.3) is 0 Å². The normalized spacial score (nSPS) is 29.0. The molecule has 40 heavy (non-hydrogen) atoms. The number of benzene rings is 2. The van der Waals surface area contributed by atoms with Crippen molar-refractivity contribution in [2.75, 3.05) is 13.1 Å². The van der Waals surface area contributed by atoms with E-state index in [0.29, 0.717) is 46.9 Å². The first-order chi connectivity index (χ1) is 19.1. The summed E-state index contributed by atoms with van der Waals surface area (Å²) in [6.07, 6.45) is 2.05. The average Bonchev–Trinajstić information content (AvgIpc) is 2.94. The van der Waals surface area contributed by atoms with E-state index in [1.54, 1.807) is 58.3 Å². The van der Waals surface area contributed by atoms with Crippen molar-refractivity contribution < 1.29 is 19.2 Å². The van der Waals surface area contributed by atoms with Gasteiger partial charge in [0.2, 0.25) is 11.8 Å². The molecule has 3 saturated heterocycles. The van der Waals surface area contributed by atoms with E-state index in [1.807, 2.05) is 0 Å². The Kier molecular flexibility index (Phi) is 8.80. The van der Waals surface area contributed by atoms with Crippen LogP contribution in [0.4, 0.5) is 0 Å². The Morgan fingerprint density at radius 3 is 1.32 bits per heavy atom. The van der Waals surface area contributed by atoms with Crippen LogP contribution >= 0.6 is 46.4 Å². The summed E-state index contributed by atoms with van der Waals surface area (Å²) < 4.78 is 0. The average molecular weight is 626 g/mol. The quantitative estimate of drug-likeness (QED) is 0.500. The molecule has 3 heterocycles. The molecule has 3 aliphatic rings. The highest BCUT2D eigenvalue weighted by Crippen LogP contribution is 2.30. The fraction of sp³-hybridized carbons (Fsp3) is 0.429. The van der Waals surface area contributed by atoms with Gasteiger partial charge in [-0.2, -0.15) is 0 Å². The number of hydrogen-bond donors (Lipinski definition) is 2. The largest absolute Gasteiger partial charge is 0.341 e. The van der Waals surface area contributed by atoms with E-state index in [4.69, 9.17) is 46.4 Å². The van der Waals surface area contributed by atoms with Gasteiger partial charge in [-0.25, -0.2) is 0 Å². The monoisotopic (exact) mass is 624 g/mol. The lowest BCUT2D eigenvalue weighted by Crippen LogP contribution is -2.73. The van der Waals surface area contributed by atoms with Gasteiger partial charge < -0.3 is 20.4 Å². The number of alkyl halides is 2. The molecule has 2 N–H and O–H groups in total. The smallest absolute Gasteiger partial charge is 0.254 e. The van der Waals surface area contributed by atoms with Crippen LogP contribution in [0.3, 0.4) is 0 Å². The first-order valence-corrected chi connectivity index (χ1v) is 14.8. The molecule has 0 saturated carbocycles. The standard InChI is InChI=1S/C28H28Cl4N4O4/c29-17-5-1-15(2-6-17)27(39)35-13-19(31)9-11-21(35)23-25(37)34-24(26(38)33-23)22-12-10-20(32)14-36(22)28(40)16-3-7-18(30)8-4-16/h1-8,19-24H,9-14H2,(H,33,38)(H,34,37). The summed E-state index contributed by atoms with van der Waals surface area (Å²) in [7, 11) is 0. The predicted molar refractivity (Wildman–Crippen MR) is 154 cm³/mol. The van der Waals surface area contributed by atoms with Gasteiger partial charge in [-0.05, 0) is 74.2 Å². The lowest BCUT2D eigenvalue weighted by Gasteiger charge is -2.46. The number of carbonyl (C=O) groups excluding carboxylic acids is 4. The molecular weight excluding hydrogens is 598 g/mol. The predicted octanol–water partition coefficient (Wildman–Crippen LogP) is 4.10. The van der Waals surface area contributed by atoms with E-state index in [2.05, 4.69) is 10.6 Å². The second-order valence-electron chi connectivity index (χ2n) is 10.4. The van der Waals surface area contributed by atoms with Gasteiger partial charge in [-0.1, -0.05) is 23.2 Å². The Morgan fingerprint density at radius 2 is 0.975 bits per heavy atom. The molecule has 0 spiro atoms. The summed E-state index contributed by atoms with van der Waals surface area (Å²) in [6.45, 7) is 0.472. The molecule has 0 aromatic heterocycles. The van der Waals surface area contributed by atoms with Crippen molar-refractivity contribution in [1.29, 1.82) is 0 Å². The van der Waals surface area contributed by atoms with E-state index in [0.717, 1.165) is 0 Å². The first-order valence-electron chi connectivity index (χ1n) is 13.1. The van der Waals surface area contributed by atoms with E-state index in [-0.39, 0.29) is 35.7 Å². The third kappa shape index (κ3) is 6.05. The van der Waals surface area contributed by atoms with Crippen molar-refractivity contribution in [1.82, 2.24) is 20.4 Å². The van der Waals surface area contributed by atoms with E-state index >= 15 is 0 Å². The topological polar surface area (TPSA) is 98.8 Å². The molecule has 2 aromatic rings. The third-order valence-electron chi connectivity index (χ3n) is 7.78. The zero-order valence-electron chi connectivity index (χ0n) is 21.4. The van der Waals surface area contributed by atoms with Gasteiger partial charge in [-0.3, -0.25) is 19.2 Å². The molecule has 0 bridgehead atoms. The van der Waals surface area contributed by atoms with E-state index < -0.39 is 36.0 Å². The van der Waals surface area contributed by atoms with Crippen molar-refractivity contribution in [2.45, 2.75) is 60.6 Å². The molecular formula is C28H28Cl4N4O4. The van der Waals surface area contributed by atoms with Crippen LogP contribution in [-0.2, 0) is 9.59 Å². The van der Waals surface area contributed by atoms with Gasteiger partial charge in [0.1, 0.15) is 12.1 Å². The highest BCUT2D eigenvalue weighted by atomic mass is 35.5. The fourth-order valence-corrected chi connectivity index (χ4v) is 6.53. The summed E-state index contributed by atoms with van der Waals surface area (Å²) in [6, 6.07) is 9.87. The maximum absolute atomic E-state index is 13.5. The number of carbonyl (C=O) groups is 4. The molecule has 12 heteroatoms. The Morgan fingerprint density at radius 1 is 0.625 bits per heavy atom. The molecule has 8 nitrogen and oxygen atoms in total. The molecule has 4 amide bonds. The highest BCUT2D eigenvalue weighted by molar-refractivity contribution is 6.31. The number of likely N-dealkylation sites (tertiary alicyclic amines) is 2. The molecule has 212 valence electrons. The zero-order chi connectivity index (χ0) is 28.6. The van der Waals surface area contributed by atoms with Crippen LogP contribution in [0.1, 0.15) is 46.4 Å². The molecule has 0 aliphatic carbocycles. The van der Waals surface area contributed by atoms with Crippen LogP contribution < -0.4 is 10.6 Å². The van der Waals surface area contributed by atoms with Crippen LogP contribution in [0, 0.1) is 0 Å². The van der Waals surface area contributed by atoms with Crippen molar-refractivity contribution >= 4 is 70.0 Å². The molecule has 2 aromatic carbocycles. The maximum Gasteiger partial charge on any atom is 0.254 e. The number of amides is 4. The fourth-order valence-electron chi connectivity index (χ4n) is 5.73. The summed E-state index contributed by atoms with van der Waals surface area (Å²) in [5.41, 5.74) is 0.824. The van der Waals surface area contributed by atoms with Gasteiger partial charge in [0.15, 0.2) is 0 Å². The molecule has 5 rings (SSSR count). The number of piperazine rings is 1. The first kappa shape index (κ1) is 29.0. The van der Waals surface area contributed by atoms with Crippen LogP contribution in [0.5, 0.6) is 0 Å². The Labute approximate surface area is 252 Å². The third-order valence-corrected chi connectivity index (χ3v) is 8.99. The minimum Gasteiger partial charge on any atom is -0.341 e. The number of nitrogens with one attached hydrogen (secondary N) is 2. The summed E-state index contributed by atoms with van der Waals surface area (Å²) in [5, 5.41) is 6.17. The number of halogens is 4. The summed E-state index contributed by atoms with van der Waals surface area (Å²) in [5.74, 6) is -1.42. The zero-order valence-corrected chi connectivity index (χ0v) is 24.4. The highest BCUT2D eigenvalue weighted by Gasteiger charge is 2.48. The van der Waals surface area contributed by atoms with Crippen molar-refractivity contribution in [3.8, 4) is 0 Å². The lowest BCUT2D eigenvalue weighted by atomic mass is 9.88. The second kappa shape index (κ2) is 12.1. The number of nitrogens with zero attached hydrogens (tertiary/aromatic N) is 2. The van der Waals surface area contributed by atoms with Crippen LogP contribution in [0.15, 0.2) is 48.5 Å². The second-order valence-corrected chi connectivity index (χ2v) is 12.5. The Bertz CT molecular complexity index is 1190. The molecule has 6 unspecified atom stereocenters. The van der Waals surface area contributed by atoms with Gasteiger partial charge in [0.25, 0.3) is 11.8 Å². The minimum atomic E-state index is -0.964. The van der Waals surface area contributed by atoms with Gasteiger partial charge in [0.05, 0.1) is 22.8 Å². The molecule has 3 aliphatic heterocycles. The van der Waals surface area contributed by atoms with Crippen molar-refractivity contribution in [3.05, 3.63) is 69.7 Å². The molecule has 0 radical (unpaired) electrons. The van der Waals surface area contributed by atoms with Crippen molar-refractivity contribution in [2.24, 2.45) is 0 Å². The Balaban J connectivity index is 1.35. The Hall–Kier alpha value is -2.52. The number of hydrogen-bond acceptors (Lipinski definition) is 4. The van der Waals surface area contributed by atoms with Crippen molar-refractivity contribution in [3.63, 3.8) is 0 Å². The summed E-state index contributed by atoms with van der Waals surface area (Å²) in [4.78, 5) is 57.0. The van der Waals surface area contributed by atoms with Gasteiger partial charge in [-0.15, -0.1) is 23.2 Å². The van der Waals surface area contributed by atoms with E-state index in [1.165, 1.54) is 0 Å². The summed E-state index contributed by atoms with van der Waals surface area (Å²) >= 11 is 24.8. The maximum atomic E-state index is 13.5. The minimum absolute atomic E-state index is 0.236. The number of piperidine rings is 2.